The van der Waals surface area contributed by atoms with Crippen molar-refractivity contribution in [3.63, 3.8) is 0 Å². The van der Waals surface area contributed by atoms with E-state index in [1.54, 1.807) is 12.4 Å². The molecule has 0 aliphatic carbocycles. The van der Waals surface area contributed by atoms with Crippen LogP contribution >= 0.6 is 0 Å². The lowest BCUT2D eigenvalue weighted by molar-refractivity contribution is -0.121. The van der Waals surface area contributed by atoms with Gasteiger partial charge in [-0.15, -0.1) is 0 Å². The predicted molar refractivity (Wildman–Crippen MR) is 103 cm³/mol. The Bertz CT molecular complexity index is 796. The third-order valence-corrected chi connectivity index (χ3v) is 4.43. The fourth-order valence-corrected chi connectivity index (χ4v) is 3.04. The largest absolute Gasteiger partial charge is 0.459 e. The molecule has 26 heavy (non-hydrogen) atoms. The van der Waals surface area contributed by atoms with Gasteiger partial charge in [-0.3, -0.25) is 9.78 Å². The maximum absolute atomic E-state index is 12.5. The van der Waals surface area contributed by atoms with E-state index in [2.05, 4.69) is 10.3 Å². The first-order valence-corrected chi connectivity index (χ1v) is 9.16. The van der Waals surface area contributed by atoms with Crippen molar-refractivity contribution in [2.24, 2.45) is 5.73 Å². The Balaban J connectivity index is 1.73. The number of carbonyl (C=O) groups excluding carboxylic acids is 1. The van der Waals surface area contributed by atoms with Gasteiger partial charge < -0.3 is 15.5 Å². The number of carbonyl (C=O) groups is 1. The Morgan fingerprint density at radius 1 is 1.08 bits per heavy atom. The van der Waals surface area contributed by atoms with Crippen LogP contribution in [-0.4, -0.2) is 17.4 Å². The van der Waals surface area contributed by atoms with Gasteiger partial charge in [-0.25, -0.2) is 0 Å². The minimum absolute atomic E-state index is 0.0278. The highest BCUT2D eigenvalue weighted by Gasteiger charge is 2.20. The van der Waals surface area contributed by atoms with Crippen molar-refractivity contribution < 1.29 is 9.21 Å². The number of pyridine rings is 1. The molecule has 2 heterocycles. The summed E-state index contributed by atoms with van der Waals surface area (Å²) in [4.78, 5) is 16.5. The molecular formula is C21H25N3O2. The smallest absolute Gasteiger partial charge is 0.220 e. The van der Waals surface area contributed by atoms with E-state index in [0.29, 0.717) is 13.0 Å². The Hall–Kier alpha value is -2.66. The summed E-state index contributed by atoms with van der Waals surface area (Å²) in [6, 6.07) is 13.3. The van der Waals surface area contributed by atoms with E-state index in [9.17, 15) is 4.79 Å². The van der Waals surface area contributed by atoms with Crippen molar-refractivity contribution in [3.05, 3.63) is 66.2 Å². The van der Waals surface area contributed by atoms with Crippen LogP contribution in [0.5, 0.6) is 0 Å². The van der Waals surface area contributed by atoms with Crippen molar-refractivity contribution in [1.29, 1.82) is 0 Å². The third-order valence-electron chi connectivity index (χ3n) is 4.43. The number of nitrogens with zero attached hydrogens (tertiary/aromatic N) is 1. The number of amides is 1. The van der Waals surface area contributed by atoms with Crippen molar-refractivity contribution in [1.82, 2.24) is 10.3 Å². The molecule has 5 heteroatoms. The minimum atomic E-state index is -0.318. The number of rotatable bonds is 9. The quantitative estimate of drug-likeness (QED) is 0.572. The van der Waals surface area contributed by atoms with Gasteiger partial charge in [0.25, 0.3) is 0 Å². The Morgan fingerprint density at radius 3 is 2.62 bits per heavy atom. The second-order valence-electron chi connectivity index (χ2n) is 6.42. The van der Waals surface area contributed by atoms with Crippen molar-refractivity contribution in [2.45, 2.75) is 38.1 Å². The highest BCUT2D eigenvalue weighted by molar-refractivity contribution is 5.79. The summed E-state index contributed by atoms with van der Waals surface area (Å²) in [7, 11) is 0. The molecule has 1 aromatic carbocycles. The highest BCUT2D eigenvalue weighted by atomic mass is 16.3. The Kier molecular flexibility index (Phi) is 6.39. The van der Waals surface area contributed by atoms with Crippen LogP contribution in [0.1, 0.15) is 49.5 Å². The molecule has 5 nitrogen and oxygen atoms in total. The van der Waals surface area contributed by atoms with E-state index in [0.717, 1.165) is 48.0 Å². The topological polar surface area (TPSA) is 81.2 Å². The van der Waals surface area contributed by atoms with Gasteiger partial charge in [-0.05, 0) is 49.2 Å². The summed E-state index contributed by atoms with van der Waals surface area (Å²) >= 11 is 0. The van der Waals surface area contributed by atoms with Gasteiger partial charge >= 0.3 is 0 Å². The molecule has 0 fully saturated rings. The molecule has 136 valence electrons. The number of para-hydroxylation sites is 1. The fraction of sp³-hybridized carbons (Fsp3) is 0.333. The summed E-state index contributed by atoms with van der Waals surface area (Å²) in [5, 5.41) is 4.14. The summed E-state index contributed by atoms with van der Waals surface area (Å²) in [5.41, 5.74) is 7.27. The van der Waals surface area contributed by atoms with Gasteiger partial charge in [0.2, 0.25) is 5.91 Å². The minimum Gasteiger partial charge on any atom is -0.459 e. The molecule has 3 N–H and O–H groups in total. The molecular weight excluding hydrogens is 326 g/mol. The zero-order valence-electron chi connectivity index (χ0n) is 14.9. The highest BCUT2D eigenvalue weighted by Crippen LogP contribution is 2.28. The molecule has 2 aromatic heterocycles. The zero-order chi connectivity index (χ0) is 18.2. The van der Waals surface area contributed by atoms with E-state index >= 15 is 0 Å². The summed E-state index contributed by atoms with van der Waals surface area (Å²) in [5.74, 6) is 0.758. The van der Waals surface area contributed by atoms with Crippen molar-refractivity contribution in [2.75, 3.05) is 6.54 Å². The first-order valence-electron chi connectivity index (χ1n) is 9.16. The van der Waals surface area contributed by atoms with Crippen LogP contribution in [0.2, 0.25) is 0 Å². The molecule has 3 aromatic rings. The second-order valence-corrected chi connectivity index (χ2v) is 6.42. The number of hydrogen-bond donors (Lipinski definition) is 2. The normalized spacial score (nSPS) is 12.2. The molecule has 0 aliphatic heterocycles. The van der Waals surface area contributed by atoms with Gasteiger partial charge in [-0.1, -0.05) is 31.0 Å². The third kappa shape index (κ3) is 4.70. The van der Waals surface area contributed by atoms with Crippen LogP contribution in [-0.2, 0) is 4.79 Å². The number of benzene rings is 1. The standard InChI is InChI=1S/C21H25N3O2/c22-12-6-2-1-3-9-20(25)24-21(16-10-13-23-14-11-16)19-15-17-7-4-5-8-18(17)26-19/h4-5,7-8,10-11,13-15,21H,1-3,6,9,12,22H2,(H,24,25). The van der Waals surface area contributed by atoms with Crippen LogP contribution in [0.3, 0.4) is 0 Å². The maximum atomic E-state index is 12.5. The molecule has 1 amide bonds. The summed E-state index contributed by atoms with van der Waals surface area (Å²) in [6.07, 6.45) is 7.94. The number of aromatic nitrogens is 1. The molecule has 0 bridgehead atoms. The Morgan fingerprint density at radius 2 is 1.85 bits per heavy atom. The molecule has 3 rings (SSSR count). The van der Waals surface area contributed by atoms with Crippen LogP contribution in [0, 0.1) is 0 Å². The van der Waals surface area contributed by atoms with Gasteiger partial charge in [0, 0.05) is 24.2 Å². The van der Waals surface area contributed by atoms with E-state index in [1.165, 1.54) is 0 Å². The SMILES string of the molecule is NCCCCCCC(=O)NC(c1ccncc1)c1cc2ccccc2o1. The Labute approximate surface area is 153 Å². The first kappa shape index (κ1) is 18.1. The fourth-order valence-electron chi connectivity index (χ4n) is 3.04. The van der Waals surface area contributed by atoms with E-state index in [1.807, 2.05) is 42.5 Å². The number of nitrogens with two attached hydrogens (primary N) is 1. The summed E-state index contributed by atoms with van der Waals surface area (Å²) < 4.78 is 5.99. The number of nitrogens with one attached hydrogen (secondary N) is 1. The van der Waals surface area contributed by atoms with Gasteiger partial charge in [0.15, 0.2) is 0 Å². The summed E-state index contributed by atoms with van der Waals surface area (Å²) in [6.45, 7) is 0.711. The van der Waals surface area contributed by atoms with Gasteiger partial charge in [-0.2, -0.15) is 0 Å². The maximum Gasteiger partial charge on any atom is 0.220 e. The predicted octanol–water partition coefficient (Wildman–Crippen LogP) is 3.94. The van der Waals surface area contributed by atoms with Crippen molar-refractivity contribution in [3.8, 4) is 0 Å². The van der Waals surface area contributed by atoms with Gasteiger partial charge in [0.05, 0.1) is 0 Å². The van der Waals surface area contributed by atoms with Gasteiger partial charge in [0.1, 0.15) is 17.4 Å². The second kappa shape index (κ2) is 9.15. The van der Waals surface area contributed by atoms with E-state index in [-0.39, 0.29) is 11.9 Å². The monoisotopic (exact) mass is 351 g/mol. The lowest BCUT2D eigenvalue weighted by atomic mass is 10.0. The van der Waals surface area contributed by atoms with E-state index in [4.69, 9.17) is 10.2 Å². The number of hydrogen-bond acceptors (Lipinski definition) is 4. The lowest BCUT2D eigenvalue weighted by Crippen LogP contribution is -2.28. The first-order chi connectivity index (χ1) is 12.8. The molecule has 0 radical (unpaired) electrons. The van der Waals surface area contributed by atoms with E-state index < -0.39 is 0 Å². The molecule has 1 unspecified atom stereocenters. The number of furan rings is 1. The molecule has 0 saturated carbocycles. The van der Waals surface area contributed by atoms with Crippen LogP contribution in [0.15, 0.2) is 59.3 Å². The average Bonchev–Trinajstić information content (AvgIpc) is 3.10. The molecule has 1 atom stereocenters. The molecule has 0 aliphatic rings. The molecule has 0 saturated heterocycles. The lowest BCUT2D eigenvalue weighted by Gasteiger charge is -2.17. The average molecular weight is 351 g/mol. The van der Waals surface area contributed by atoms with Crippen LogP contribution < -0.4 is 11.1 Å². The van der Waals surface area contributed by atoms with Crippen LogP contribution in [0.4, 0.5) is 0 Å². The number of unbranched alkanes of at least 4 members (excludes halogenated alkanes) is 3. The zero-order valence-corrected chi connectivity index (χ0v) is 14.9. The van der Waals surface area contributed by atoms with Crippen LogP contribution in [0.25, 0.3) is 11.0 Å². The molecule has 0 spiro atoms. The van der Waals surface area contributed by atoms with Crippen molar-refractivity contribution >= 4 is 16.9 Å². The number of fused-ring (bicyclic) bond motifs is 1.